The van der Waals surface area contributed by atoms with Crippen molar-refractivity contribution in [3.8, 4) is 0 Å². The molecule has 0 heterocycles. The lowest BCUT2D eigenvalue weighted by Crippen LogP contribution is -1.77. The van der Waals surface area contributed by atoms with Crippen LogP contribution in [0.15, 0.2) is 0 Å². The molecular formula is C7H11+. The van der Waals surface area contributed by atoms with Crippen molar-refractivity contribution in [2.45, 2.75) is 25.7 Å². The maximum Gasteiger partial charge on any atom is 0.0984 e. The fraction of sp³-hybridized carbons (Fsp3) is 0.857. The van der Waals surface area contributed by atoms with E-state index in [0.717, 1.165) is 11.8 Å². The summed E-state index contributed by atoms with van der Waals surface area (Å²) < 4.78 is 0. The summed E-state index contributed by atoms with van der Waals surface area (Å²) in [5.74, 6) is 2.12. The molecule has 38 valence electrons. The van der Waals surface area contributed by atoms with Gasteiger partial charge in [0.25, 0.3) is 0 Å². The Morgan fingerprint density at radius 2 is 1.29 bits per heavy atom. The Morgan fingerprint density at radius 1 is 0.857 bits per heavy atom. The summed E-state index contributed by atoms with van der Waals surface area (Å²) in [5, 5.41) is 0. The Hall–Kier alpha value is -0.130. The Morgan fingerprint density at radius 3 is 1.57 bits per heavy atom. The second-order valence-corrected chi connectivity index (χ2v) is 2.87. The molecule has 0 radical (unpaired) electrons. The van der Waals surface area contributed by atoms with Gasteiger partial charge in [0, 0.05) is 0 Å². The van der Waals surface area contributed by atoms with Crippen LogP contribution in [0.4, 0.5) is 0 Å². The van der Waals surface area contributed by atoms with Crippen molar-refractivity contribution in [2.24, 2.45) is 11.8 Å². The average molecular weight is 95.2 g/mol. The second kappa shape index (κ2) is 1.18. The Labute approximate surface area is 44.9 Å². The van der Waals surface area contributed by atoms with Crippen molar-refractivity contribution in [3.05, 3.63) is 6.42 Å². The topological polar surface area (TPSA) is 0 Å². The van der Waals surface area contributed by atoms with Crippen LogP contribution in [0.25, 0.3) is 0 Å². The summed E-state index contributed by atoms with van der Waals surface area (Å²) in [4.78, 5) is 0. The first kappa shape index (κ1) is 3.82. The molecule has 0 aromatic carbocycles. The van der Waals surface area contributed by atoms with Gasteiger partial charge in [-0.1, -0.05) is 0 Å². The molecule has 0 amide bonds. The molecule has 2 rings (SSSR count). The van der Waals surface area contributed by atoms with Crippen LogP contribution in [-0.4, -0.2) is 0 Å². The Kier molecular flexibility index (Phi) is 0.643. The van der Waals surface area contributed by atoms with E-state index in [9.17, 15) is 0 Å². The zero-order valence-corrected chi connectivity index (χ0v) is 4.56. The highest BCUT2D eigenvalue weighted by molar-refractivity contribution is 4.97. The van der Waals surface area contributed by atoms with Gasteiger partial charge in [0.05, 0.1) is 18.3 Å². The Balaban J connectivity index is 1.69. The van der Waals surface area contributed by atoms with Gasteiger partial charge < -0.3 is 0 Å². The first-order valence-electron chi connectivity index (χ1n) is 3.30. The van der Waals surface area contributed by atoms with Crippen molar-refractivity contribution in [3.63, 3.8) is 0 Å². The van der Waals surface area contributed by atoms with Gasteiger partial charge in [0.15, 0.2) is 0 Å². The van der Waals surface area contributed by atoms with E-state index >= 15 is 0 Å². The SMILES string of the molecule is [CH+](C1CC1)C1CC1. The zero-order valence-electron chi connectivity index (χ0n) is 4.56. The number of hydrogen-bond acceptors (Lipinski definition) is 0. The fourth-order valence-electron chi connectivity index (χ4n) is 0.962. The summed E-state index contributed by atoms with van der Waals surface area (Å²) in [6.07, 6.45) is 8.54. The normalized spacial score (nSPS) is 30.3. The molecule has 0 N–H and O–H groups in total. The molecule has 0 aromatic heterocycles. The van der Waals surface area contributed by atoms with Crippen LogP contribution in [0.1, 0.15) is 25.7 Å². The van der Waals surface area contributed by atoms with Gasteiger partial charge >= 0.3 is 0 Å². The minimum atomic E-state index is 1.06. The van der Waals surface area contributed by atoms with E-state index < -0.39 is 0 Å². The first-order chi connectivity index (χ1) is 3.45. The van der Waals surface area contributed by atoms with Gasteiger partial charge in [-0.05, 0) is 25.7 Å². The van der Waals surface area contributed by atoms with E-state index in [4.69, 9.17) is 0 Å². The highest BCUT2D eigenvalue weighted by Crippen LogP contribution is 2.42. The maximum atomic E-state index is 2.56. The molecule has 0 unspecified atom stereocenters. The molecule has 0 heteroatoms. The van der Waals surface area contributed by atoms with Gasteiger partial charge in [-0.15, -0.1) is 0 Å². The van der Waals surface area contributed by atoms with E-state index in [-0.39, 0.29) is 0 Å². The van der Waals surface area contributed by atoms with Gasteiger partial charge in [0.1, 0.15) is 0 Å². The first-order valence-corrected chi connectivity index (χ1v) is 3.30. The number of rotatable bonds is 2. The molecule has 0 atom stereocenters. The summed E-state index contributed by atoms with van der Waals surface area (Å²) in [5.41, 5.74) is 0. The summed E-state index contributed by atoms with van der Waals surface area (Å²) in [6, 6.07) is 0. The molecule has 2 aliphatic carbocycles. The van der Waals surface area contributed by atoms with Crippen molar-refractivity contribution < 1.29 is 0 Å². The minimum absolute atomic E-state index is 1.06. The third-order valence-electron chi connectivity index (χ3n) is 1.79. The molecular weight excluding hydrogens is 84.1 g/mol. The van der Waals surface area contributed by atoms with Gasteiger partial charge in [0.2, 0.25) is 0 Å². The molecule has 2 saturated carbocycles. The summed E-state index contributed by atoms with van der Waals surface area (Å²) in [6.45, 7) is 0. The highest BCUT2D eigenvalue weighted by atomic mass is 14.4. The molecule has 0 aliphatic heterocycles. The van der Waals surface area contributed by atoms with Gasteiger partial charge in [-0.3, -0.25) is 0 Å². The van der Waals surface area contributed by atoms with Crippen LogP contribution in [-0.2, 0) is 0 Å². The van der Waals surface area contributed by atoms with Crippen molar-refractivity contribution in [1.82, 2.24) is 0 Å². The predicted octanol–water partition coefficient (Wildman–Crippen LogP) is 2.01. The molecule has 0 nitrogen and oxygen atoms in total. The van der Waals surface area contributed by atoms with E-state index in [0.29, 0.717) is 0 Å². The third-order valence-corrected chi connectivity index (χ3v) is 1.79. The van der Waals surface area contributed by atoms with E-state index in [2.05, 4.69) is 6.42 Å². The molecule has 0 bridgehead atoms. The lowest BCUT2D eigenvalue weighted by atomic mass is 10.2. The standard InChI is InChI=1S/C7H11/c1-2-6(1)5-7-3-4-7/h5-7H,1-4H2/q+1. The van der Waals surface area contributed by atoms with Crippen LogP contribution in [0.3, 0.4) is 0 Å². The van der Waals surface area contributed by atoms with E-state index in [1.807, 2.05) is 0 Å². The number of hydrogen-bond donors (Lipinski definition) is 0. The smallest absolute Gasteiger partial charge is 0.00529 e. The Bertz CT molecular complexity index is 58.1. The molecule has 2 fully saturated rings. The van der Waals surface area contributed by atoms with Crippen LogP contribution in [0.5, 0.6) is 0 Å². The maximum absolute atomic E-state index is 2.56. The molecule has 0 saturated heterocycles. The lowest BCUT2D eigenvalue weighted by Gasteiger charge is -1.73. The summed E-state index contributed by atoms with van der Waals surface area (Å²) in [7, 11) is 0. The second-order valence-electron chi connectivity index (χ2n) is 2.87. The van der Waals surface area contributed by atoms with Crippen LogP contribution in [0, 0.1) is 18.3 Å². The molecule has 0 spiro atoms. The quantitative estimate of drug-likeness (QED) is 0.460. The average Bonchev–Trinajstić information content (AvgIpc) is 2.33. The predicted molar refractivity (Wildman–Crippen MR) is 29.7 cm³/mol. The van der Waals surface area contributed by atoms with Crippen LogP contribution in [0.2, 0.25) is 0 Å². The van der Waals surface area contributed by atoms with E-state index in [1.165, 1.54) is 25.7 Å². The monoisotopic (exact) mass is 95.1 g/mol. The van der Waals surface area contributed by atoms with Gasteiger partial charge in [-0.2, -0.15) is 0 Å². The molecule has 2 aliphatic rings. The fourth-order valence-corrected chi connectivity index (χ4v) is 0.962. The van der Waals surface area contributed by atoms with E-state index in [1.54, 1.807) is 0 Å². The van der Waals surface area contributed by atoms with Crippen LogP contribution >= 0.6 is 0 Å². The largest absolute Gasteiger partial charge is 0.0984 e. The van der Waals surface area contributed by atoms with Crippen molar-refractivity contribution in [2.75, 3.05) is 0 Å². The van der Waals surface area contributed by atoms with Crippen LogP contribution < -0.4 is 0 Å². The van der Waals surface area contributed by atoms with Crippen molar-refractivity contribution in [1.29, 1.82) is 0 Å². The molecule has 0 aromatic rings. The van der Waals surface area contributed by atoms with Gasteiger partial charge in [-0.25, -0.2) is 0 Å². The zero-order chi connectivity index (χ0) is 4.69. The third kappa shape index (κ3) is 0.902. The van der Waals surface area contributed by atoms with Crippen molar-refractivity contribution >= 4 is 0 Å². The molecule has 7 heavy (non-hydrogen) atoms. The summed E-state index contributed by atoms with van der Waals surface area (Å²) >= 11 is 0. The highest BCUT2D eigenvalue weighted by Gasteiger charge is 2.40. The lowest BCUT2D eigenvalue weighted by molar-refractivity contribution is 0.847. The minimum Gasteiger partial charge on any atom is -0.00529 e.